The number of aliphatic hydroxyl groups excluding tert-OH is 2. The highest BCUT2D eigenvalue weighted by molar-refractivity contribution is 4.93. The summed E-state index contributed by atoms with van der Waals surface area (Å²) in [7, 11) is 0. The van der Waals surface area contributed by atoms with Crippen LogP contribution in [0.5, 0.6) is 0 Å². The Morgan fingerprint density at radius 2 is 1.33 bits per heavy atom. The van der Waals surface area contributed by atoms with Gasteiger partial charge in [0.25, 0.3) is 0 Å². The van der Waals surface area contributed by atoms with Gasteiger partial charge >= 0.3 is 0 Å². The minimum Gasteiger partial charge on any atom is -0.390 e. The molecule has 6 heavy (non-hydrogen) atoms. The van der Waals surface area contributed by atoms with Crippen molar-refractivity contribution in [3.63, 3.8) is 0 Å². The molecule has 1 saturated carbocycles. The fraction of sp³-hybridized carbons (Fsp3) is 1.00. The van der Waals surface area contributed by atoms with Gasteiger partial charge in [0.1, 0.15) is 0 Å². The average Bonchev–Trinajstić information content (AvgIpc) is 1.94. The van der Waals surface area contributed by atoms with Crippen molar-refractivity contribution in [3.8, 4) is 0 Å². The first kappa shape index (κ1) is 4.09. The van der Waals surface area contributed by atoms with E-state index < -0.39 is 12.2 Å². The Labute approximate surface area is 36.4 Å². The summed E-state index contributed by atoms with van der Waals surface area (Å²) in [5, 5.41) is 16.9. The van der Waals surface area contributed by atoms with Crippen molar-refractivity contribution in [2.45, 2.75) is 19.1 Å². The summed E-state index contributed by atoms with van der Waals surface area (Å²) in [5.41, 5.74) is 0. The molecule has 0 radical (unpaired) electrons. The van der Waals surface area contributed by atoms with Gasteiger partial charge in [-0.25, -0.2) is 0 Å². The zero-order valence-electron chi connectivity index (χ0n) is 3.63. The predicted octanol–water partition coefficient (Wildman–Crippen LogP) is -0.642. The van der Waals surface area contributed by atoms with E-state index in [1.807, 2.05) is 6.92 Å². The highest BCUT2D eigenvalue weighted by atomic mass is 16.4. The van der Waals surface area contributed by atoms with E-state index in [9.17, 15) is 0 Å². The standard InChI is InChI=1S/C4H8O2/c1-2-3(5)4(2)6/h2-6H,1H3. The molecule has 0 spiro atoms. The Hall–Kier alpha value is -0.0800. The topological polar surface area (TPSA) is 40.5 Å². The van der Waals surface area contributed by atoms with Crippen LogP contribution in [0.2, 0.25) is 0 Å². The minimum atomic E-state index is -0.426. The van der Waals surface area contributed by atoms with Crippen LogP contribution >= 0.6 is 0 Å². The molecule has 36 valence electrons. The predicted molar refractivity (Wildman–Crippen MR) is 21.2 cm³/mol. The van der Waals surface area contributed by atoms with Crippen LogP contribution in [-0.4, -0.2) is 22.4 Å². The molecule has 0 aromatic heterocycles. The van der Waals surface area contributed by atoms with E-state index in [4.69, 9.17) is 10.2 Å². The van der Waals surface area contributed by atoms with E-state index >= 15 is 0 Å². The van der Waals surface area contributed by atoms with Crippen molar-refractivity contribution < 1.29 is 10.2 Å². The minimum absolute atomic E-state index is 0.130. The van der Waals surface area contributed by atoms with Crippen LogP contribution in [0.3, 0.4) is 0 Å². The zero-order valence-corrected chi connectivity index (χ0v) is 3.63. The maximum absolute atomic E-state index is 8.45. The third-order valence-electron chi connectivity index (χ3n) is 1.29. The van der Waals surface area contributed by atoms with Crippen molar-refractivity contribution in [2.24, 2.45) is 5.92 Å². The second-order valence-electron chi connectivity index (χ2n) is 1.84. The summed E-state index contributed by atoms with van der Waals surface area (Å²) in [6.45, 7) is 1.81. The normalized spacial score (nSPS) is 55.5. The summed E-state index contributed by atoms with van der Waals surface area (Å²) in [6.07, 6.45) is -0.852. The van der Waals surface area contributed by atoms with E-state index in [1.54, 1.807) is 0 Å². The Morgan fingerprint density at radius 3 is 1.33 bits per heavy atom. The Kier molecular flexibility index (Phi) is 0.648. The molecule has 1 aliphatic rings. The van der Waals surface area contributed by atoms with Crippen molar-refractivity contribution in [2.75, 3.05) is 0 Å². The molecule has 2 N–H and O–H groups in total. The van der Waals surface area contributed by atoms with Gasteiger partial charge in [-0.05, 0) is 0 Å². The Balaban J connectivity index is 2.31. The van der Waals surface area contributed by atoms with Crippen LogP contribution in [0, 0.1) is 5.92 Å². The molecule has 0 saturated heterocycles. The molecule has 0 aliphatic heterocycles. The van der Waals surface area contributed by atoms with Crippen LogP contribution < -0.4 is 0 Å². The summed E-state index contributed by atoms with van der Waals surface area (Å²) < 4.78 is 0. The maximum Gasteiger partial charge on any atom is 0.0853 e. The van der Waals surface area contributed by atoms with Gasteiger partial charge in [-0.2, -0.15) is 0 Å². The lowest BCUT2D eigenvalue weighted by Crippen LogP contribution is -1.85. The molecule has 2 nitrogen and oxygen atoms in total. The van der Waals surface area contributed by atoms with Gasteiger partial charge in [0, 0.05) is 5.92 Å². The molecule has 0 aromatic rings. The van der Waals surface area contributed by atoms with Crippen LogP contribution in [0.4, 0.5) is 0 Å². The molecule has 1 fully saturated rings. The van der Waals surface area contributed by atoms with Crippen molar-refractivity contribution in [3.05, 3.63) is 0 Å². The van der Waals surface area contributed by atoms with Gasteiger partial charge in [-0.3, -0.25) is 0 Å². The molecule has 0 amide bonds. The highest BCUT2D eigenvalue weighted by Gasteiger charge is 2.43. The Bertz CT molecular complexity index is 42.3. The first-order valence-electron chi connectivity index (χ1n) is 2.09. The van der Waals surface area contributed by atoms with Gasteiger partial charge in [0.2, 0.25) is 0 Å². The van der Waals surface area contributed by atoms with Gasteiger partial charge in [-0.1, -0.05) is 6.92 Å². The van der Waals surface area contributed by atoms with E-state index in [-0.39, 0.29) is 5.92 Å². The molecular formula is C4H8O2. The second-order valence-corrected chi connectivity index (χ2v) is 1.84. The zero-order chi connectivity index (χ0) is 4.73. The van der Waals surface area contributed by atoms with Crippen LogP contribution in [-0.2, 0) is 0 Å². The molecule has 0 bridgehead atoms. The highest BCUT2D eigenvalue weighted by Crippen LogP contribution is 2.29. The van der Waals surface area contributed by atoms with Crippen molar-refractivity contribution in [1.29, 1.82) is 0 Å². The third-order valence-corrected chi connectivity index (χ3v) is 1.29. The molecule has 2 unspecified atom stereocenters. The summed E-state index contributed by atoms with van der Waals surface area (Å²) in [4.78, 5) is 0. The second kappa shape index (κ2) is 0.950. The third kappa shape index (κ3) is 0.340. The molecule has 1 aliphatic carbocycles. The smallest absolute Gasteiger partial charge is 0.0853 e. The first-order valence-corrected chi connectivity index (χ1v) is 2.09. The maximum atomic E-state index is 8.45. The fourth-order valence-electron chi connectivity index (χ4n) is 0.421. The Morgan fingerprint density at radius 1 is 1.17 bits per heavy atom. The van der Waals surface area contributed by atoms with Gasteiger partial charge in [0.15, 0.2) is 0 Å². The van der Waals surface area contributed by atoms with Crippen molar-refractivity contribution >= 4 is 0 Å². The largest absolute Gasteiger partial charge is 0.390 e. The number of aliphatic hydroxyl groups is 2. The van der Waals surface area contributed by atoms with E-state index in [0.717, 1.165) is 0 Å². The number of hydrogen-bond donors (Lipinski definition) is 2. The average molecular weight is 88.1 g/mol. The molecule has 2 atom stereocenters. The molecular weight excluding hydrogens is 80.0 g/mol. The van der Waals surface area contributed by atoms with Gasteiger partial charge in [0.05, 0.1) is 12.2 Å². The summed E-state index contributed by atoms with van der Waals surface area (Å²) in [6, 6.07) is 0. The number of hydrogen-bond acceptors (Lipinski definition) is 2. The van der Waals surface area contributed by atoms with Crippen LogP contribution in [0.15, 0.2) is 0 Å². The SMILES string of the molecule is CC1C(O)C1O. The molecule has 2 heteroatoms. The van der Waals surface area contributed by atoms with E-state index in [0.29, 0.717) is 0 Å². The van der Waals surface area contributed by atoms with Crippen molar-refractivity contribution in [1.82, 2.24) is 0 Å². The van der Waals surface area contributed by atoms with Gasteiger partial charge in [-0.15, -0.1) is 0 Å². The fourth-order valence-corrected chi connectivity index (χ4v) is 0.421. The number of rotatable bonds is 0. The lowest BCUT2D eigenvalue weighted by atomic mass is 10.5. The molecule has 0 heterocycles. The monoisotopic (exact) mass is 88.1 g/mol. The van der Waals surface area contributed by atoms with Crippen LogP contribution in [0.25, 0.3) is 0 Å². The first-order chi connectivity index (χ1) is 2.73. The van der Waals surface area contributed by atoms with E-state index in [2.05, 4.69) is 0 Å². The quantitative estimate of drug-likeness (QED) is 0.413. The van der Waals surface area contributed by atoms with E-state index in [1.165, 1.54) is 0 Å². The van der Waals surface area contributed by atoms with Gasteiger partial charge < -0.3 is 10.2 Å². The lowest BCUT2D eigenvalue weighted by molar-refractivity contribution is 0.180. The van der Waals surface area contributed by atoms with Crippen LogP contribution in [0.1, 0.15) is 6.92 Å². The lowest BCUT2D eigenvalue weighted by Gasteiger charge is -1.69. The molecule has 0 aromatic carbocycles. The summed E-state index contributed by atoms with van der Waals surface area (Å²) >= 11 is 0. The molecule has 1 rings (SSSR count). The summed E-state index contributed by atoms with van der Waals surface area (Å²) in [5.74, 6) is 0.130.